The van der Waals surface area contributed by atoms with Gasteiger partial charge in [0.15, 0.2) is 0 Å². The molecule has 1 aromatic carbocycles. The lowest BCUT2D eigenvalue weighted by molar-refractivity contribution is -0.136. The molecule has 2 amide bonds. The number of benzene rings is 1. The predicted molar refractivity (Wildman–Crippen MR) is 95.1 cm³/mol. The standard InChI is InChI=1S/C19H24ClFN2O2/c20-15-6-5-7-16(21)17(15)19(25)23-12-8-14(9-13-23)18(24)22-10-3-1-2-4-11-22/h5-7,14H,1-4,8-13H2. The summed E-state index contributed by atoms with van der Waals surface area (Å²) in [6.45, 7) is 2.63. The molecule has 0 aromatic heterocycles. The van der Waals surface area contributed by atoms with Gasteiger partial charge in [-0.15, -0.1) is 0 Å². The van der Waals surface area contributed by atoms with E-state index in [4.69, 9.17) is 11.6 Å². The monoisotopic (exact) mass is 366 g/mol. The quantitative estimate of drug-likeness (QED) is 0.800. The van der Waals surface area contributed by atoms with Crippen LogP contribution in [-0.2, 0) is 4.79 Å². The third-order valence-corrected chi connectivity index (χ3v) is 5.54. The number of hydrogen-bond acceptors (Lipinski definition) is 2. The highest BCUT2D eigenvalue weighted by Gasteiger charge is 2.32. The highest BCUT2D eigenvalue weighted by atomic mass is 35.5. The molecule has 0 spiro atoms. The van der Waals surface area contributed by atoms with Crippen LogP contribution in [0.1, 0.15) is 48.9 Å². The van der Waals surface area contributed by atoms with Crippen molar-refractivity contribution in [2.24, 2.45) is 5.92 Å². The Kier molecular flexibility index (Phi) is 5.94. The van der Waals surface area contributed by atoms with Gasteiger partial charge >= 0.3 is 0 Å². The molecule has 0 radical (unpaired) electrons. The average Bonchev–Trinajstić information content (AvgIpc) is 2.90. The molecule has 2 heterocycles. The first-order valence-corrected chi connectivity index (χ1v) is 9.48. The van der Waals surface area contributed by atoms with Crippen LogP contribution in [-0.4, -0.2) is 47.8 Å². The van der Waals surface area contributed by atoms with Crippen molar-refractivity contribution >= 4 is 23.4 Å². The van der Waals surface area contributed by atoms with Crippen molar-refractivity contribution in [1.29, 1.82) is 0 Å². The van der Waals surface area contributed by atoms with Crippen LogP contribution in [0.15, 0.2) is 18.2 Å². The molecule has 0 saturated carbocycles. The summed E-state index contributed by atoms with van der Waals surface area (Å²) in [5, 5.41) is 0.132. The van der Waals surface area contributed by atoms with Crippen LogP contribution in [0.5, 0.6) is 0 Å². The normalized spacial score (nSPS) is 19.6. The fourth-order valence-corrected chi connectivity index (χ4v) is 3.98. The molecule has 2 saturated heterocycles. The van der Waals surface area contributed by atoms with Gasteiger partial charge in [0, 0.05) is 32.1 Å². The van der Waals surface area contributed by atoms with E-state index in [1.165, 1.54) is 31.0 Å². The van der Waals surface area contributed by atoms with Gasteiger partial charge in [0.1, 0.15) is 5.82 Å². The summed E-state index contributed by atoms with van der Waals surface area (Å²) in [7, 11) is 0. The Morgan fingerprint density at radius 3 is 2.20 bits per heavy atom. The lowest BCUT2D eigenvalue weighted by atomic mass is 9.94. The SMILES string of the molecule is O=C(c1c(F)cccc1Cl)N1CCC(C(=O)N2CCCCCC2)CC1. The van der Waals surface area contributed by atoms with E-state index < -0.39 is 5.82 Å². The zero-order valence-electron chi connectivity index (χ0n) is 14.3. The van der Waals surface area contributed by atoms with E-state index >= 15 is 0 Å². The molecule has 3 rings (SSSR count). The summed E-state index contributed by atoms with van der Waals surface area (Å²) < 4.78 is 13.9. The third kappa shape index (κ3) is 4.14. The number of amides is 2. The molecule has 0 bridgehead atoms. The third-order valence-electron chi connectivity index (χ3n) is 5.23. The molecule has 6 heteroatoms. The maximum Gasteiger partial charge on any atom is 0.258 e. The maximum atomic E-state index is 13.9. The van der Waals surface area contributed by atoms with E-state index in [1.54, 1.807) is 4.90 Å². The minimum absolute atomic E-state index is 0.0294. The number of hydrogen-bond donors (Lipinski definition) is 0. The fourth-order valence-electron chi connectivity index (χ4n) is 3.74. The van der Waals surface area contributed by atoms with Gasteiger partial charge in [0.25, 0.3) is 5.91 Å². The van der Waals surface area contributed by atoms with Crippen LogP contribution < -0.4 is 0 Å². The smallest absolute Gasteiger partial charge is 0.258 e. The Morgan fingerprint density at radius 1 is 0.960 bits per heavy atom. The van der Waals surface area contributed by atoms with Crippen molar-refractivity contribution in [2.45, 2.75) is 38.5 Å². The number of carbonyl (C=O) groups excluding carboxylic acids is 2. The molecule has 25 heavy (non-hydrogen) atoms. The average molecular weight is 367 g/mol. The van der Waals surface area contributed by atoms with Gasteiger partial charge in [-0.1, -0.05) is 30.5 Å². The lowest BCUT2D eigenvalue weighted by Gasteiger charge is -2.34. The van der Waals surface area contributed by atoms with Crippen molar-refractivity contribution < 1.29 is 14.0 Å². The number of likely N-dealkylation sites (tertiary alicyclic amines) is 2. The summed E-state index contributed by atoms with van der Waals surface area (Å²) in [4.78, 5) is 28.9. The van der Waals surface area contributed by atoms with Crippen molar-refractivity contribution in [3.63, 3.8) is 0 Å². The molecule has 1 aromatic rings. The van der Waals surface area contributed by atoms with Crippen LogP contribution in [0.25, 0.3) is 0 Å². The first-order chi connectivity index (χ1) is 12.1. The van der Waals surface area contributed by atoms with Gasteiger partial charge < -0.3 is 9.80 Å². The lowest BCUT2D eigenvalue weighted by Crippen LogP contribution is -2.44. The van der Waals surface area contributed by atoms with Crippen LogP contribution in [0, 0.1) is 11.7 Å². The second-order valence-corrected chi connectivity index (χ2v) is 7.31. The Balaban J connectivity index is 1.60. The number of piperidine rings is 1. The molecule has 0 unspecified atom stereocenters. The number of halogens is 2. The topological polar surface area (TPSA) is 40.6 Å². The number of nitrogens with zero attached hydrogens (tertiary/aromatic N) is 2. The molecular weight excluding hydrogens is 343 g/mol. The van der Waals surface area contributed by atoms with Gasteiger partial charge in [-0.25, -0.2) is 4.39 Å². The molecule has 136 valence electrons. The first kappa shape index (κ1) is 18.2. The molecule has 0 N–H and O–H groups in total. The van der Waals surface area contributed by atoms with Crippen LogP contribution in [0.4, 0.5) is 4.39 Å². The molecule has 2 fully saturated rings. The summed E-state index contributed by atoms with van der Waals surface area (Å²) in [6, 6.07) is 4.25. The summed E-state index contributed by atoms with van der Waals surface area (Å²) >= 11 is 5.99. The van der Waals surface area contributed by atoms with E-state index in [0.29, 0.717) is 25.9 Å². The van der Waals surface area contributed by atoms with Gasteiger partial charge in [-0.05, 0) is 37.8 Å². The maximum absolute atomic E-state index is 13.9. The number of carbonyl (C=O) groups is 2. The molecule has 0 atom stereocenters. The van der Waals surface area contributed by atoms with Crippen molar-refractivity contribution in [3.8, 4) is 0 Å². The molecular formula is C19H24ClFN2O2. The van der Waals surface area contributed by atoms with E-state index in [9.17, 15) is 14.0 Å². The van der Waals surface area contributed by atoms with E-state index in [0.717, 1.165) is 25.9 Å². The minimum atomic E-state index is -0.597. The van der Waals surface area contributed by atoms with Gasteiger partial charge in [0.05, 0.1) is 10.6 Å². The second-order valence-electron chi connectivity index (χ2n) is 6.90. The van der Waals surface area contributed by atoms with Gasteiger partial charge in [-0.2, -0.15) is 0 Å². The van der Waals surface area contributed by atoms with Crippen LogP contribution in [0.2, 0.25) is 5.02 Å². The molecule has 0 aliphatic carbocycles. The Morgan fingerprint density at radius 2 is 1.60 bits per heavy atom. The van der Waals surface area contributed by atoms with Gasteiger partial charge in [0.2, 0.25) is 5.91 Å². The molecule has 4 nitrogen and oxygen atoms in total. The Labute approximate surface area is 152 Å². The van der Waals surface area contributed by atoms with E-state index in [-0.39, 0.29) is 28.3 Å². The van der Waals surface area contributed by atoms with Crippen molar-refractivity contribution in [2.75, 3.05) is 26.2 Å². The minimum Gasteiger partial charge on any atom is -0.342 e. The van der Waals surface area contributed by atoms with Crippen molar-refractivity contribution in [3.05, 3.63) is 34.6 Å². The fraction of sp³-hybridized carbons (Fsp3) is 0.579. The van der Waals surface area contributed by atoms with Crippen LogP contribution in [0.3, 0.4) is 0 Å². The molecule has 2 aliphatic heterocycles. The Hall–Kier alpha value is -1.62. The highest BCUT2D eigenvalue weighted by Crippen LogP contribution is 2.26. The van der Waals surface area contributed by atoms with Crippen LogP contribution >= 0.6 is 11.6 Å². The largest absolute Gasteiger partial charge is 0.342 e. The van der Waals surface area contributed by atoms with Crippen molar-refractivity contribution in [1.82, 2.24) is 9.80 Å². The zero-order chi connectivity index (χ0) is 17.8. The first-order valence-electron chi connectivity index (χ1n) is 9.10. The highest BCUT2D eigenvalue weighted by molar-refractivity contribution is 6.33. The Bertz CT molecular complexity index is 616. The van der Waals surface area contributed by atoms with E-state index in [2.05, 4.69) is 0 Å². The number of rotatable bonds is 2. The summed E-state index contributed by atoms with van der Waals surface area (Å²) in [5.41, 5.74) is -0.0681. The zero-order valence-corrected chi connectivity index (χ0v) is 15.1. The molecule has 2 aliphatic rings. The summed E-state index contributed by atoms with van der Waals surface area (Å²) in [5.74, 6) is -0.791. The van der Waals surface area contributed by atoms with E-state index in [1.807, 2.05) is 4.90 Å². The summed E-state index contributed by atoms with van der Waals surface area (Å²) in [6.07, 6.45) is 5.81. The predicted octanol–water partition coefficient (Wildman–Crippen LogP) is 3.73. The second kappa shape index (κ2) is 8.17. The van der Waals surface area contributed by atoms with Gasteiger partial charge in [-0.3, -0.25) is 9.59 Å².